The molecule has 2 aromatic carbocycles. The van der Waals surface area contributed by atoms with Crippen LogP contribution in [-0.2, 0) is 13.1 Å². The maximum absolute atomic E-state index is 13.4. The maximum Gasteiger partial charge on any atom is 0.352 e. The summed E-state index contributed by atoms with van der Waals surface area (Å²) in [7, 11) is 1.54. The molecule has 2 aromatic heterocycles. The lowest BCUT2D eigenvalue weighted by Gasteiger charge is -2.13. The Morgan fingerprint density at radius 3 is 2.46 bits per heavy atom. The van der Waals surface area contributed by atoms with Crippen molar-refractivity contribution in [2.24, 2.45) is 0 Å². The van der Waals surface area contributed by atoms with E-state index in [2.05, 4.69) is 15.4 Å². The number of ether oxygens (including phenoxy) is 1. The van der Waals surface area contributed by atoms with Crippen molar-refractivity contribution >= 4 is 5.91 Å². The van der Waals surface area contributed by atoms with Crippen molar-refractivity contribution in [3.8, 4) is 11.4 Å². The van der Waals surface area contributed by atoms with Gasteiger partial charge in [0.05, 0.1) is 19.3 Å². The molecule has 0 saturated heterocycles. The zero-order chi connectivity index (χ0) is 24.9. The van der Waals surface area contributed by atoms with Crippen molar-refractivity contribution in [2.45, 2.75) is 26.9 Å². The summed E-state index contributed by atoms with van der Waals surface area (Å²) in [4.78, 5) is 43.7. The third-order valence-electron chi connectivity index (χ3n) is 5.69. The number of benzene rings is 2. The van der Waals surface area contributed by atoms with Gasteiger partial charge in [-0.1, -0.05) is 18.2 Å². The van der Waals surface area contributed by atoms with Crippen molar-refractivity contribution in [1.82, 2.24) is 24.6 Å². The highest BCUT2D eigenvalue weighted by molar-refractivity contribution is 5.91. The van der Waals surface area contributed by atoms with E-state index in [1.54, 1.807) is 60.9 Å². The van der Waals surface area contributed by atoms with E-state index in [-0.39, 0.29) is 18.8 Å². The number of nitrogens with zero attached hydrogens (tertiary/aromatic N) is 4. The lowest BCUT2D eigenvalue weighted by Crippen LogP contribution is -2.46. The summed E-state index contributed by atoms with van der Waals surface area (Å²) in [6.45, 7) is 4.00. The third kappa shape index (κ3) is 5.19. The standard InChI is InChI=1S/C26H25N5O4/c1-17-7-8-21(13-18(17)2)31-26(34)30(16-20-5-4-6-22(14-20)35-3)25(33)23(29-31)24(32)28-15-19-9-11-27-12-10-19/h4-14H,15-16H2,1-3H3,(H,28,32). The second-order valence-electron chi connectivity index (χ2n) is 8.09. The largest absolute Gasteiger partial charge is 0.497 e. The van der Waals surface area contributed by atoms with E-state index >= 15 is 0 Å². The van der Waals surface area contributed by atoms with Crippen molar-refractivity contribution in [3.05, 3.63) is 116 Å². The fourth-order valence-electron chi connectivity index (χ4n) is 3.54. The molecule has 9 heteroatoms. The number of amides is 1. The molecule has 4 aromatic rings. The molecule has 1 amide bonds. The predicted octanol–water partition coefficient (Wildman–Crippen LogP) is 2.39. The van der Waals surface area contributed by atoms with Gasteiger partial charge in [0, 0.05) is 18.9 Å². The number of methoxy groups -OCH3 is 1. The number of aromatic nitrogens is 4. The van der Waals surface area contributed by atoms with Gasteiger partial charge in [-0.2, -0.15) is 9.78 Å². The molecule has 0 aliphatic rings. The Morgan fingerprint density at radius 1 is 0.971 bits per heavy atom. The summed E-state index contributed by atoms with van der Waals surface area (Å²) in [6.07, 6.45) is 3.22. The number of hydrogen-bond acceptors (Lipinski definition) is 6. The highest BCUT2D eigenvalue weighted by Gasteiger charge is 2.21. The minimum Gasteiger partial charge on any atom is -0.497 e. The monoisotopic (exact) mass is 471 g/mol. The second-order valence-corrected chi connectivity index (χ2v) is 8.09. The molecule has 0 radical (unpaired) electrons. The van der Waals surface area contributed by atoms with Crippen LogP contribution in [0.15, 0.2) is 76.6 Å². The third-order valence-corrected chi connectivity index (χ3v) is 5.69. The van der Waals surface area contributed by atoms with Gasteiger partial charge in [-0.25, -0.2) is 4.79 Å². The predicted molar refractivity (Wildman–Crippen MR) is 131 cm³/mol. The van der Waals surface area contributed by atoms with Crippen LogP contribution in [-0.4, -0.2) is 32.3 Å². The molecule has 0 fully saturated rings. The van der Waals surface area contributed by atoms with Gasteiger partial charge in [0.25, 0.3) is 11.5 Å². The van der Waals surface area contributed by atoms with Crippen molar-refractivity contribution in [2.75, 3.05) is 7.11 Å². The van der Waals surface area contributed by atoms with E-state index in [1.807, 2.05) is 19.9 Å². The number of nitrogens with one attached hydrogen (secondary N) is 1. The number of rotatable bonds is 7. The molecule has 0 spiro atoms. The Balaban J connectivity index is 1.80. The number of carbonyl (C=O) groups is 1. The Bertz CT molecular complexity index is 1490. The number of hydrogen-bond donors (Lipinski definition) is 1. The van der Waals surface area contributed by atoms with Crippen molar-refractivity contribution in [1.29, 1.82) is 0 Å². The van der Waals surface area contributed by atoms with Crippen LogP contribution >= 0.6 is 0 Å². The van der Waals surface area contributed by atoms with Gasteiger partial charge in [0.2, 0.25) is 5.69 Å². The molecule has 9 nitrogen and oxygen atoms in total. The SMILES string of the molecule is COc1cccc(Cn2c(=O)c(C(=O)NCc3ccncc3)nn(-c3ccc(C)c(C)c3)c2=O)c1. The highest BCUT2D eigenvalue weighted by Crippen LogP contribution is 2.14. The van der Waals surface area contributed by atoms with Crippen molar-refractivity contribution in [3.63, 3.8) is 0 Å². The first-order chi connectivity index (χ1) is 16.9. The van der Waals surface area contributed by atoms with Crippen LogP contribution in [0, 0.1) is 13.8 Å². The number of carbonyl (C=O) groups excluding carboxylic acids is 1. The Kier molecular flexibility index (Phi) is 6.86. The van der Waals surface area contributed by atoms with E-state index in [0.717, 1.165) is 25.9 Å². The molecular weight excluding hydrogens is 446 g/mol. The van der Waals surface area contributed by atoms with Crippen LogP contribution in [0.1, 0.15) is 32.7 Å². The smallest absolute Gasteiger partial charge is 0.352 e. The van der Waals surface area contributed by atoms with Crippen LogP contribution in [0.3, 0.4) is 0 Å². The molecule has 0 aliphatic heterocycles. The van der Waals surface area contributed by atoms with E-state index < -0.39 is 17.2 Å². The van der Waals surface area contributed by atoms with Crippen LogP contribution < -0.4 is 21.3 Å². The van der Waals surface area contributed by atoms with Gasteiger partial charge >= 0.3 is 5.69 Å². The number of aryl methyl sites for hydroxylation is 2. The molecule has 2 heterocycles. The lowest BCUT2D eigenvalue weighted by atomic mass is 10.1. The molecular formula is C26H25N5O4. The van der Waals surface area contributed by atoms with Gasteiger partial charge in [-0.15, -0.1) is 0 Å². The molecule has 0 saturated carbocycles. The van der Waals surface area contributed by atoms with E-state index in [9.17, 15) is 14.4 Å². The molecule has 4 rings (SSSR count). The lowest BCUT2D eigenvalue weighted by molar-refractivity contribution is 0.0941. The van der Waals surface area contributed by atoms with Gasteiger partial charge in [0.1, 0.15) is 5.75 Å². The summed E-state index contributed by atoms with van der Waals surface area (Å²) >= 11 is 0. The average Bonchev–Trinajstić information content (AvgIpc) is 2.87. The van der Waals surface area contributed by atoms with Crippen molar-refractivity contribution < 1.29 is 9.53 Å². The fourth-order valence-corrected chi connectivity index (χ4v) is 3.54. The van der Waals surface area contributed by atoms with Crippen LogP contribution in [0.2, 0.25) is 0 Å². The zero-order valence-electron chi connectivity index (χ0n) is 19.7. The first kappa shape index (κ1) is 23.6. The van der Waals surface area contributed by atoms with Crippen LogP contribution in [0.25, 0.3) is 5.69 Å². The van der Waals surface area contributed by atoms with Gasteiger partial charge < -0.3 is 10.1 Å². The van der Waals surface area contributed by atoms with Crippen LogP contribution in [0.5, 0.6) is 5.75 Å². The maximum atomic E-state index is 13.4. The summed E-state index contributed by atoms with van der Waals surface area (Å²) in [5.41, 5.74) is 2.14. The molecule has 0 aliphatic carbocycles. The zero-order valence-corrected chi connectivity index (χ0v) is 19.7. The summed E-state index contributed by atoms with van der Waals surface area (Å²) in [6, 6.07) is 15.9. The normalized spacial score (nSPS) is 10.7. The first-order valence-corrected chi connectivity index (χ1v) is 11.0. The first-order valence-electron chi connectivity index (χ1n) is 11.0. The number of pyridine rings is 1. The van der Waals surface area contributed by atoms with Gasteiger partial charge in [-0.3, -0.25) is 19.1 Å². The Morgan fingerprint density at radius 2 is 1.74 bits per heavy atom. The Hall–Kier alpha value is -4.53. The van der Waals surface area contributed by atoms with Gasteiger partial charge in [-0.05, 0) is 72.5 Å². The van der Waals surface area contributed by atoms with E-state index in [1.165, 1.54) is 7.11 Å². The quantitative estimate of drug-likeness (QED) is 0.443. The summed E-state index contributed by atoms with van der Waals surface area (Å²) in [5.74, 6) is -0.0850. The molecule has 178 valence electrons. The molecule has 0 unspecified atom stereocenters. The fraction of sp³-hybridized carbons (Fsp3) is 0.192. The average molecular weight is 472 g/mol. The summed E-state index contributed by atoms with van der Waals surface area (Å²) < 4.78 is 7.36. The molecule has 0 atom stereocenters. The molecule has 35 heavy (non-hydrogen) atoms. The van der Waals surface area contributed by atoms with Gasteiger partial charge in [0.15, 0.2) is 0 Å². The minimum atomic E-state index is -0.773. The molecule has 0 bridgehead atoms. The molecule has 1 N–H and O–H groups in total. The second kappa shape index (κ2) is 10.2. The van der Waals surface area contributed by atoms with Crippen LogP contribution in [0.4, 0.5) is 0 Å². The van der Waals surface area contributed by atoms with E-state index in [0.29, 0.717) is 17.0 Å². The topological polar surface area (TPSA) is 108 Å². The highest BCUT2D eigenvalue weighted by atomic mass is 16.5. The minimum absolute atomic E-state index is 0.0487. The summed E-state index contributed by atoms with van der Waals surface area (Å²) in [5, 5.41) is 6.89. The van der Waals surface area contributed by atoms with E-state index in [4.69, 9.17) is 4.74 Å². The Labute approximate surface area is 201 Å².